The number of aromatic nitrogens is 1. The molecule has 0 unspecified atom stereocenters. The molecule has 4 nitrogen and oxygen atoms in total. The largest absolute Gasteiger partial charge is 0.478 e. The van der Waals surface area contributed by atoms with Gasteiger partial charge in [0.05, 0.1) is 11.3 Å². The Balaban J connectivity index is 2.40. The Kier molecular flexibility index (Phi) is 3.80. The zero-order valence-corrected chi connectivity index (χ0v) is 10.4. The zero-order chi connectivity index (χ0) is 14.9. The molecular weight excluding hydrogens is 297 g/mol. The van der Waals surface area contributed by atoms with Gasteiger partial charge in [-0.3, -0.25) is 0 Å². The van der Waals surface area contributed by atoms with Crippen LogP contribution < -0.4 is 5.32 Å². The van der Waals surface area contributed by atoms with Crippen molar-refractivity contribution in [2.45, 2.75) is 0 Å². The van der Waals surface area contributed by atoms with Gasteiger partial charge in [0.25, 0.3) is 0 Å². The number of halogens is 4. The molecule has 0 amide bonds. The van der Waals surface area contributed by atoms with Gasteiger partial charge in [0.2, 0.25) is 0 Å². The zero-order valence-electron chi connectivity index (χ0n) is 9.62. The first kappa shape index (κ1) is 14.1. The van der Waals surface area contributed by atoms with E-state index in [2.05, 4.69) is 10.3 Å². The highest BCUT2D eigenvalue weighted by Gasteiger charge is 2.12. The number of anilines is 2. The van der Waals surface area contributed by atoms with Crippen LogP contribution in [0, 0.1) is 17.5 Å². The molecule has 0 aliphatic carbocycles. The van der Waals surface area contributed by atoms with Gasteiger partial charge in [-0.15, -0.1) is 0 Å². The topological polar surface area (TPSA) is 62.2 Å². The van der Waals surface area contributed by atoms with E-state index in [1.54, 1.807) is 0 Å². The Hall–Kier alpha value is -2.28. The minimum Gasteiger partial charge on any atom is -0.478 e. The number of carboxylic acid groups (broad SMARTS) is 1. The second-order valence-electron chi connectivity index (χ2n) is 3.74. The van der Waals surface area contributed by atoms with Crippen molar-refractivity contribution in [2.24, 2.45) is 0 Å². The summed E-state index contributed by atoms with van der Waals surface area (Å²) in [4.78, 5) is 14.5. The second-order valence-corrected chi connectivity index (χ2v) is 4.13. The number of pyridine rings is 1. The standard InChI is InChI=1S/C12H6ClF3N2O2/c13-10-1-5(12(19)20)2-11(18-10)17-9-4-7(15)6(14)3-8(9)16/h1-4H,(H,17,18)(H,19,20). The number of hydrogen-bond donors (Lipinski definition) is 2. The molecule has 0 spiro atoms. The van der Waals surface area contributed by atoms with Crippen molar-refractivity contribution in [3.8, 4) is 0 Å². The van der Waals surface area contributed by atoms with Crippen molar-refractivity contribution >= 4 is 29.1 Å². The van der Waals surface area contributed by atoms with Gasteiger partial charge in [-0.1, -0.05) is 11.6 Å². The molecule has 2 aromatic rings. The third-order valence-corrected chi connectivity index (χ3v) is 2.51. The minimum atomic E-state index is -1.33. The summed E-state index contributed by atoms with van der Waals surface area (Å²) in [5, 5.41) is 11.0. The summed E-state index contributed by atoms with van der Waals surface area (Å²) in [5.74, 6) is -5.02. The third-order valence-electron chi connectivity index (χ3n) is 2.31. The molecule has 1 aromatic carbocycles. The molecule has 0 aliphatic heterocycles. The molecule has 0 radical (unpaired) electrons. The van der Waals surface area contributed by atoms with Gasteiger partial charge in [0, 0.05) is 12.1 Å². The molecule has 0 atom stereocenters. The van der Waals surface area contributed by atoms with E-state index in [9.17, 15) is 18.0 Å². The molecule has 2 N–H and O–H groups in total. The summed E-state index contributed by atoms with van der Waals surface area (Å²) in [6.07, 6.45) is 0. The lowest BCUT2D eigenvalue weighted by Crippen LogP contribution is -2.02. The van der Waals surface area contributed by atoms with E-state index in [-0.39, 0.29) is 16.5 Å². The molecule has 0 bridgehead atoms. The van der Waals surface area contributed by atoms with E-state index < -0.39 is 29.1 Å². The van der Waals surface area contributed by atoms with Crippen molar-refractivity contribution in [3.63, 3.8) is 0 Å². The molecule has 8 heteroatoms. The number of aromatic carboxylic acids is 1. The van der Waals surface area contributed by atoms with Crippen LogP contribution in [0.15, 0.2) is 24.3 Å². The van der Waals surface area contributed by atoms with Gasteiger partial charge in [0.15, 0.2) is 11.6 Å². The Labute approximate surface area is 115 Å². The Morgan fingerprint density at radius 3 is 2.40 bits per heavy atom. The van der Waals surface area contributed by atoms with Crippen LogP contribution in [0.1, 0.15) is 10.4 Å². The van der Waals surface area contributed by atoms with Crippen molar-refractivity contribution in [1.29, 1.82) is 0 Å². The normalized spacial score (nSPS) is 10.4. The number of nitrogens with one attached hydrogen (secondary N) is 1. The average Bonchev–Trinajstić information content (AvgIpc) is 2.35. The fourth-order valence-corrected chi connectivity index (χ4v) is 1.65. The third kappa shape index (κ3) is 3.00. The molecule has 0 saturated carbocycles. The molecule has 20 heavy (non-hydrogen) atoms. The Bertz CT molecular complexity index is 695. The smallest absolute Gasteiger partial charge is 0.335 e. The Morgan fingerprint density at radius 1 is 1.10 bits per heavy atom. The van der Waals surface area contributed by atoms with Crippen LogP contribution in [-0.2, 0) is 0 Å². The van der Waals surface area contributed by atoms with Crippen LogP contribution in [0.4, 0.5) is 24.7 Å². The number of benzene rings is 1. The average molecular weight is 303 g/mol. The van der Waals surface area contributed by atoms with Gasteiger partial charge in [-0.05, 0) is 12.1 Å². The highest BCUT2D eigenvalue weighted by atomic mass is 35.5. The Morgan fingerprint density at radius 2 is 1.75 bits per heavy atom. The first-order chi connectivity index (χ1) is 9.36. The first-order valence-electron chi connectivity index (χ1n) is 5.19. The lowest BCUT2D eigenvalue weighted by atomic mass is 10.2. The molecule has 1 aromatic heterocycles. The van der Waals surface area contributed by atoms with Crippen molar-refractivity contribution in [3.05, 3.63) is 52.4 Å². The fraction of sp³-hybridized carbons (Fsp3) is 0. The van der Waals surface area contributed by atoms with Gasteiger partial charge in [-0.25, -0.2) is 22.9 Å². The predicted molar refractivity (Wildman–Crippen MR) is 65.8 cm³/mol. The lowest BCUT2D eigenvalue weighted by molar-refractivity contribution is 0.0697. The monoisotopic (exact) mass is 302 g/mol. The summed E-state index contributed by atoms with van der Waals surface area (Å²) in [6, 6.07) is 3.12. The number of carbonyl (C=O) groups is 1. The van der Waals surface area contributed by atoms with E-state index in [4.69, 9.17) is 16.7 Å². The maximum absolute atomic E-state index is 13.4. The SMILES string of the molecule is O=C(O)c1cc(Cl)nc(Nc2cc(F)c(F)cc2F)c1. The van der Waals surface area contributed by atoms with Gasteiger partial charge in [-0.2, -0.15) is 0 Å². The summed E-state index contributed by atoms with van der Waals surface area (Å²) < 4.78 is 39.2. The van der Waals surface area contributed by atoms with Crippen LogP contribution in [0.25, 0.3) is 0 Å². The van der Waals surface area contributed by atoms with E-state index in [0.29, 0.717) is 12.1 Å². The molecule has 0 aliphatic rings. The van der Waals surface area contributed by atoms with Crippen LogP contribution >= 0.6 is 11.6 Å². The van der Waals surface area contributed by atoms with Crippen molar-refractivity contribution < 1.29 is 23.1 Å². The maximum Gasteiger partial charge on any atom is 0.335 e. The van der Waals surface area contributed by atoms with Gasteiger partial charge < -0.3 is 10.4 Å². The van der Waals surface area contributed by atoms with Gasteiger partial charge in [0.1, 0.15) is 16.8 Å². The lowest BCUT2D eigenvalue weighted by Gasteiger charge is -2.08. The highest BCUT2D eigenvalue weighted by molar-refractivity contribution is 6.29. The highest BCUT2D eigenvalue weighted by Crippen LogP contribution is 2.23. The molecular formula is C12H6ClF3N2O2. The number of carboxylic acids is 1. The molecule has 1 heterocycles. The number of rotatable bonds is 3. The summed E-state index contributed by atoms with van der Waals surface area (Å²) in [7, 11) is 0. The number of hydrogen-bond acceptors (Lipinski definition) is 3. The summed E-state index contributed by atoms with van der Waals surface area (Å²) in [5.41, 5.74) is -0.578. The van der Waals surface area contributed by atoms with Gasteiger partial charge >= 0.3 is 5.97 Å². The van der Waals surface area contributed by atoms with E-state index in [1.807, 2.05) is 0 Å². The molecule has 0 fully saturated rings. The second kappa shape index (κ2) is 5.38. The fourth-order valence-electron chi connectivity index (χ4n) is 1.44. The van der Waals surface area contributed by atoms with Crippen LogP contribution in [0.3, 0.4) is 0 Å². The number of nitrogens with zero attached hydrogens (tertiary/aromatic N) is 1. The summed E-state index contributed by atoms with van der Waals surface area (Å²) in [6.45, 7) is 0. The maximum atomic E-state index is 13.4. The van der Waals surface area contributed by atoms with Crippen LogP contribution in [0.5, 0.6) is 0 Å². The van der Waals surface area contributed by atoms with E-state index in [1.165, 1.54) is 0 Å². The summed E-state index contributed by atoms with van der Waals surface area (Å²) >= 11 is 5.61. The first-order valence-corrected chi connectivity index (χ1v) is 5.57. The van der Waals surface area contributed by atoms with Crippen LogP contribution in [-0.4, -0.2) is 16.1 Å². The van der Waals surface area contributed by atoms with E-state index in [0.717, 1.165) is 12.1 Å². The van der Waals surface area contributed by atoms with Crippen molar-refractivity contribution in [2.75, 3.05) is 5.32 Å². The molecule has 2 rings (SSSR count). The predicted octanol–water partition coefficient (Wildman–Crippen LogP) is 3.59. The van der Waals surface area contributed by atoms with E-state index >= 15 is 0 Å². The van der Waals surface area contributed by atoms with Crippen LogP contribution in [0.2, 0.25) is 5.15 Å². The molecule has 0 saturated heterocycles. The minimum absolute atomic E-state index is 0.111. The quantitative estimate of drug-likeness (QED) is 0.672. The molecule has 104 valence electrons. The van der Waals surface area contributed by atoms with Crippen molar-refractivity contribution in [1.82, 2.24) is 4.98 Å².